The Balaban J connectivity index is 2.19. The molecule has 0 fully saturated rings. The third-order valence-electron chi connectivity index (χ3n) is 3.24. The summed E-state index contributed by atoms with van der Waals surface area (Å²) in [7, 11) is 3.12. The Morgan fingerprint density at radius 2 is 1.74 bits per heavy atom. The van der Waals surface area contributed by atoms with Crippen molar-refractivity contribution < 1.29 is 19.0 Å². The van der Waals surface area contributed by atoms with Gasteiger partial charge in [0.1, 0.15) is 5.75 Å². The maximum Gasteiger partial charge on any atom is 0.255 e. The van der Waals surface area contributed by atoms with Crippen molar-refractivity contribution in [3.63, 3.8) is 0 Å². The van der Waals surface area contributed by atoms with Gasteiger partial charge in [-0.15, -0.1) is 0 Å². The summed E-state index contributed by atoms with van der Waals surface area (Å²) in [6.45, 7) is 2.63. The molecule has 0 saturated carbocycles. The summed E-state index contributed by atoms with van der Waals surface area (Å²) in [4.78, 5) is 12.4. The van der Waals surface area contributed by atoms with E-state index in [0.29, 0.717) is 35.1 Å². The first kappa shape index (κ1) is 16.7. The topological polar surface area (TPSA) is 56.8 Å². The number of benzene rings is 2. The molecule has 0 radical (unpaired) electrons. The Kier molecular flexibility index (Phi) is 5.86. The van der Waals surface area contributed by atoms with E-state index in [1.165, 1.54) is 0 Å². The Labute approximate surface area is 136 Å². The summed E-state index contributed by atoms with van der Waals surface area (Å²) in [6, 6.07) is 12.4. The number of para-hydroxylation sites is 2. The van der Waals surface area contributed by atoms with Crippen LogP contribution in [0.2, 0.25) is 0 Å². The lowest BCUT2D eigenvalue weighted by atomic mass is 10.1. The van der Waals surface area contributed by atoms with Crippen molar-refractivity contribution >= 4 is 11.6 Å². The molecule has 122 valence electrons. The van der Waals surface area contributed by atoms with Gasteiger partial charge in [0.25, 0.3) is 5.91 Å². The van der Waals surface area contributed by atoms with Gasteiger partial charge in [0, 0.05) is 5.56 Å². The molecule has 0 atom stereocenters. The number of carbonyl (C=O) groups is 1. The minimum atomic E-state index is -0.241. The summed E-state index contributed by atoms with van der Waals surface area (Å²) in [5.74, 6) is 1.53. The Morgan fingerprint density at radius 3 is 2.43 bits per heavy atom. The minimum Gasteiger partial charge on any atom is -0.495 e. The second-order valence-electron chi connectivity index (χ2n) is 4.87. The lowest BCUT2D eigenvalue weighted by Gasteiger charge is -2.13. The second-order valence-corrected chi connectivity index (χ2v) is 4.87. The maximum absolute atomic E-state index is 12.4. The van der Waals surface area contributed by atoms with Crippen molar-refractivity contribution in [2.45, 2.75) is 13.3 Å². The number of nitrogens with one attached hydrogen (secondary N) is 1. The van der Waals surface area contributed by atoms with Crippen LogP contribution in [0.15, 0.2) is 42.5 Å². The van der Waals surface area contributed by atoms with E-state index in [1.807, 2.05) is 19.1 Å². The highest BCUT2D eigenvalue weighted by Crippen LogP contribution is 2.29. The van der Waals surface area contributed by atoms with Gasteiger partial charge in [-0.05, 0) is 36.8 Å². The van der Waals surface area contributed by atoms with E-state index in [2.05, 4.69) is 5.32 Å². The van der Waals surface area contributed by atoms with Crippen LogP contribution in [0.1, 0.15) is 23.7 Å². The maximum atomic E-state index is 12.4. The van der Waals surface area contributed by atoms with Crippen molar-refractivity contribution in [1.29, 1.82) is 0 Å². The molecule has 0 aliphatic rings. The molecular weight excluding hydrogens is 294 g/mol. The van der Waals surface area contributed by atoms with Crippen LogP contribution in [0.3, 0.4) is 0 Å². The first-order valence-electron chi connectivity index (χ1n) is 7.44. The lowest BCUT2D eigenvalue weighted by molar-refractivity contribution is 0.102. The molecule has 0 aromatic heterocycles. The molecule has 2 rings (SSSR count). The zero-order chi connectivity index (χ0) is 16.7. The van der Waals surface area contributed by atoms with E-state index in [0.717, 1.165) is 6.42 Å². The predicted octanol–water partition coefficient (Wildman–Crippen LogP) is 3.74. The molecule has 0 bridgehead atoms. The molecule has 0 spiro atoms. The van der Waals surface area contributed by atoms with E-state index in [4.69, 9.17) is 14.2 Å². The quantitative estimate of drug-likeness (QED) is 0.845. The zero-order valence-electron chi connectivity index (χ0n) is 13.6. The van der Waals surface area contributed by atoms with Gasteiger partial charge in [0.05, 0.1) is 26.5 Å². The average molecular weight is 315 g/mol. The largest absolute Gasteiger partial charge is 0.495 e. The number of hydrogen-bond acceptors (Lipinski definition) is 4. The number of carbonyl (C=O) groups excluding carboxylic acids is 1. The average Bonchev–Trinajstić information content (AvgIpc) is 2.60. The Hall–Kier alpha value is -2.69. The van der Waals surface area contributed by atoms with Gasteiger partial charge < -0.3 is 19.5 Å². The Bertz CT molecular complexity index is 670. The number of amides is 1. The van der Waals surface area contributed by atoms with E-state index < -0.39 is 0 Å². The molecule has 2 aromatic carbocycles. The molecule has 0 aliphatic carbocycles. The van der Waals surface area contributed by atoms with E-state index in [-0.39, 0.29) is 5.91 Å². The Morgan fingerprint density at radius 1 is 1.00 bits per heavy atom. The monoisotopic (exact) mass is 315 g/mol. The standard InChI is InChI=1S/C18H21NO4/c1-4-11-23-16-10-9-13(12-17(16)22-3)18(20)19-14-7-5-6-8-15(14)21-2/h5-10,12H,4,11H2,1-3H3,(H,19,20). The van der Waals surface area contributed by atoms with Crippen molar-refractivity contribution in [1.82, 2.24) is 0 Å². The van der Waals surface area contributed by atoms with Gasteiger partial charge in [-0.25, -0.2) is 0 Å². The molecule has 1 N–H and O–H groups in total. The summed E-state index contributed by atoms with van der Waals surface area (Å²) >= 11 is 0. The number of hydrogen-bond donors (Lipinski definition) is 1. The molecule has 1 amide bonds. The number of anilines is 1. The third-order valence-corrected chi connectivity index (χ3v) is 3.24. The zero-order valence-corrected chi connectivity index (χ0v) is 13.6. The fraction of sp³-hybridized carbons (Fsp3) is 0.278. The van der Waals surface area contributed by atoms with Crippen molar-refractivity contribution in [2.24, 2.45) is 0 Å². The van der Waals surface area contributed by atoms with E-state index >= 15 is 0 Å². The summed E-state index contributed by atoms with van der Waals surface area (Å²) in [5, 5.41) is 2.83. The van der Waals surface area contributed by atoms with Crippen LogP contribution in [0.25, 0.3) is 0 Å². The van der Waals surface area contributed by atoms with Gasteiger partial charge >= 0.3 is 0 Å². The summed E-state index contributed by atoms with van der Waals surface area (Å²) < 4.78 is 16.1. The minimum absolute atomic E-state index is 0.241. The molecule has 5 heteroatoms. The third kappa shape index (κ3) is 4.16. The van der Waals surface area contributed by atoms with Crippen LogP contribution in [0.4, 0.5) is 5.69 Å². The van der Waals surface area contributed by atoms with E-state index in [1.54, 1.807) is 44.6 Å². The predicted molar refractivity (Wildman–Crippen MR) is 89.7 cm³/mol. The highest BCUT2D eigenvalue weighted by atomic mass is 16.5. The number of ether oxygens (including phenoxy) is 3. The van der Waals surface area contributed by atoms with Crippen LogP contribution in [0, 0.1) is 0 Å². The molecule has 0 unspecified atom stereocenters. The molecule has 0 saturated heterocycles. The molecule has 5 nitrogen and oxygen atoms in total. The molecule has 0 aliphatic heterocycles. The molecule has 2 aromatic rings. The highest BCUT2D eigenvalue weighted by Gasteiger charge is 2.13. The lowest BCUT2D eigenvalue weighted by Crippen LogP contribution is -2.13. The summed E-state index contributed by atoms with van der Waals surface area (Å²) in [6.07, 6.45) is 0.902. The molecule has 23 heavy (non-hydrogen) atoms. The molecule has 0 heterocycles. The first-order chi connectivity index (χ1) is 11.2. The smallest absolute Gasteiger partial charge is 0.255 e. The van der Waals surface area contributed by atoms with E-state index in [9.17, 15) is 4.79 Å². The normalized spacial score (nSPS) is 10.0. The fourth-order valence-corrected chi connectivity index (χ4v) is 2.08. The van der Waals surface area contributed by atoms with Gasteiger partial charge in [-0.1, -0.05) is 19.1 Å². The SMILES string of the molecule is CCCOc1ccc(C(=O)Nc2ccccc2OC)cc1OC. The summed E-state index contributed by atoms with van der Waals surface area (Å²) in [5.41, 5.74) is 1.10. The van der Waals surface area contributed by atoms with Crippen LogP contribution in [-0.2, 0) is 0 Å². The van der Waals surface area contributed by atoms with Gasteiger partial charge in [-0.2, -0.15) is 0 Å². The fourth-order valence-electron chi connectivity index (χ4n) is 2.08. The number of methoxy groups -OCH3 is 2. The van der Waals surface area contributed by atoms with Crippen LogP contribution < -0.4 is 19.5 Å². The van der Waals surface area contributed by atoms with Crippen LogP contribution in [0.5, 0.6) is 17.2 Å². The number of rotatable bonds is 7. The van der Waals surface area contributed by atoms with Gasteiger partial charge in [0.15, 0.2) is 11.5 Å². The van der Waals surface area contributed by atoms with Crippen LogP contribution in [-0.4, -0.2) is 26.7 Å². The second kappa shape index (κ2) is 8.08. The van der Waals surface area contributed by atoms with Gasteiger partial charge in [0.2, 0.25) is 0 Å². The molecular formula is C18H21NO4. The first-order valence-corrected chi connectivity index (χ1v) is 7.44. The van der Waals surface area contributed by atoms with Crippen LogP contribution >= 0.6 is 0 Å². The highest BCUT2D eigenvalue weighted by molar-refractivity contribution is 6.05. The van der Waals surface area contributed by atoms with Crippen molar-refractivity contribution in [2.75, 3.05) is 26.1 Å². The van der Waals surface area contributed by atoms with Crippen molar-refractivity contribution in [3.8, 4) is 17.2 Å². The van der Waals surface area contributed by atoms with Crippen molar-refractivity contribution in [3.05, 3.63) is 48.0 Å². The van der Waals surface area contributed by atoms with Gasteiger partial charge in [-0.3, -0.25) is 4.79 Å².